The van der Waals surface area contributed by atoms with Crippen molar-refractivity contribution in [1.82, 2.24) is 0 Å². The van der Waals surface area contributed by atoms with Crippen molar-refractivity contribution in [2.24, 2.45) is 0 Å². The van der Waals surface area contributed by atoms with E-state index < -0.39 is 31.2 Å². The molecule has 0 bridgehead atoms. The summed E-state index contributed by atoms with van der Waals surface area (Å²) in [6, 6.07) is 20.1. The van der Waals surface area contributed by atoms with Crippen molar-refractivity contribution in [1.29, 1.82) is 0 Å². The number of benzene rings is 3. The van der Waals surface area contributed by atoms with Crippen LogP contribution in [0.2, 0.25) is 0 Å². The van der Waals surface area contributed by atoms with Crippen LogP contribution < -0.4 is 4.74 Å². The Labute approximate surface area is 179 Å². The van der Waals surface area contributed by atoms with Crippen molar-refractivity contribution in [2.75, 3.05) is 7.11 Å². The first kappa shape index (κ1) is 21.9. The van der Waals surface area contributed by atoms with E-state index in [2.05, 4.69) is 0 Å². The number of hydrogen-bond acceptors (Lipinski definition) is 6. The van der Waals surface area contributed by atoms with Crippen LogP contribution in [0.25, 0.3) is 6.08 Å². The van der Waals surface area contributed by atoms with Crippen LogP contribution >= 0.6 is 0 Å². The number of methoxy groups -OCH3 is 1. The fourth-order valence-electron chi connectivity index (χ4n) is 2.97. The van der Waals surface area contributed by atoms with E-state index in [-0.39, 0.29) is 16.8 Å². The van der Waals surface area contributed by atoms with Crippen LogP contribution in [0.4, 0.5) is 5.69 Å². The van der Waals surface area contributed by atoms with Crippen molar-refractivity contribution in [3.8, 4) is 5.75 Å². The molecule has 0 N–H and O–H groups in total. The molecule has 0 heterocycles. The molecule has 0 aliphatic carbocycles. The summed E-state index contributed by atoms with van der Waals surface area (Å²) in [5, 5.41) is 11.4. The molecule has 0 aliphatic rings. The molecule has 0 saturated heterocycles. The van der Waals surface area contributed by atoms with Crippen LogP contribution in [-0.2, 0) is 15.6 Å². The van der Waals surface area contributed by atoms with Crippen LogP contribution in [0.1, 0.15) is 21.5 Å². The summed E-state index contributed by atoms with van der Waals surface area (Å²) in [6.07, 6.45) is 1.07. The number of carbonyl (C=O) groups excluding carboxylic acids is 1. The molecule has 0 radical (unpaired) electrons. The first-order valence-electron chi connectivity index (χ1n) is 9.22. The number of nitrogens with zero attached hydrogens (tertiary/aromatic N) is 1. The molecule has 158 valence electrons. The fraction of sp³-hybridized carbons (Fsp3) is 0.0870. The lowest BCUT2D eigenvalue weighted by molar-refractivity contribution is -0.385. The maximum absolute atomic E-state index is 13.2. The molecule has 31 heavy (non-hydrogen) atoms. The van der Waals surface area contributed by atoms with Gasteiger partial charge in [-0.25, -0.2) is 8.42 Å². The third-order valence-corrected chi connectivity index (χ3v) is 6.22. The zero-order chi connectivity index (χ0) is 22.4. The summed E-state index contributed by atoms with van der Waals surface area (Å²) < 4.78 is 31.6. The van der Waals surface area contributed by atoms with Crippen molar-refractivity contribution in [3.05, 3.63) is 111 Å². The molecule has 0 fully saturated rings. The zero-order valence-corrected chi connectivity index (χ0v) is 17.4. The van der Waals surface area contributed by atoms with Gasteiger partial charge in [0.1, 0.15) is 10.7 Å². The SMILES string of the molecule is COc1ccc(C(=O)/C(=C\c2ccccc2[N+](=O)[O-])S(=O)(=O)Cc2ccccc2)cc1. The van der Waals surface area contributed by atoms with E-state index >= 15 is 0 Å². The zero-order valence-electron chi connectivity index (χ0n) is 16.6. The summed E-state index contributed by atoms with van der Waals surface area (Å²) in [7, 11) is -2.65. The minimum absolute atomic E-state index is 0.0287. The second-order valence-corrected chi connectivity index (χ2v) is 8.58. The van der Waals surface area contributed by atoms with Gasteiger partial charge in [0.15, 0.2) is 9.84 Å². The molecule has 3 aromatic carbocycles. The number of nitro groups is 1. The van der Waals surface area contributed by atoms with Crippen LogP contribution in [0.15, 0.2) is 83.8 Å². The molecule has 8 heteroatoms. The van der Waals surface area contributed by atoms with E-state index in [0.717, 1.165) is 6.08 Å². The second kappa shape index (κ2) is 9.36. The van der Waals surface area contributed by atoms with Gasteiger partial charge >= 0.3 is 0 Å². The van der Waals surface area contributed by atoms with Crippen molar-refractivity contribution < 1.29 is 22.9 Å². The molecule has 0 atom stereocenters. The summed E-state index contributed by atoms with van der Waals surface area (Å²) in [5.74, 6) is -0.660. The number of ether oxygens (including phenoxy) is 1. The minimum atomic E-state index is -4.12. The van der Waals surface area contributed by atoms with E-state index in [4.69, 9.17) is 4.74 Å². The van der Waals surface area contributed by atoms with Gasteiger partial charge in [0.25, 0.3) is 5.69 Å². The molecule has 0 unspecified atom stereocenters. The third-order valence-electron chi connectivity index (χ3n) is 4.53. The topological polar surface area (TPSA) is 104 Å². The van der Waals surface area contributed by atoms with E-state index in [1.807, 2.05) is 0 Å². The predicted octanol–water partition coefficient (Wildman–Crippen LogP) is 4.44. The first-order chi connectivity index (χ1) is 14.8. The number of para-hydroxylation sites is 1. The summed E-state index contributed by atoms with van der Waals surface area (Å²) in [4.78, 5) is 23.5. The molecule has 7 nitrogen and oxygen atoms in total. The van der Waals surface area contributed by atoms with Gasteiger partial charge in [-0.05, 0) is 42.0 Å². The van der Waals surface area contributed by atoms with E-state index in [1.165, 1.54) is 43.5 Å². The Morgan fingerprint density at radius 2 is 1.58 bits per heavy atom. The highest BCUT2D eigenvalue weighted by Gasteiger charge is 2.28. The lowest BCUT2D eigenvalue weighted by Crippen LogP contribution is -2.16. The van der Waals surface area contributed by atoms with Crippen molar-refractivity contribution in [2.45, 2.75) is 5.75 Å². The Morgan fingerprint density at radius 3 is 2.19 bits per heavy atom. The highest BCUT2D eigenvalue weighted by atomic mass is 32.2. The molecule has 0 amide bonds. The third kappa shape index (κ3) is 5.23. The normalized spacial score (nSPS) is 11.7. The molecular formula is C23H19NO6S. The molecule has 0 spiro atoms. The smallest absolute Gasteiger partial charge is 0.276 e. The predicted molar refractivity (Wildman–Crippen MR) is 117 cm³/mol. The van der Waals surface area contributed by atoms with Crippen LogP contribution in [0.5, 0.6) is 5.75 Å². The van der Waals surface area contributed by atoms with E-state index in [0.29, 0.717) is 11.3 Å². The minimum Gasteiger partial charge on any atom is -0.497 e. The average molecular weight is 437 g/mol. The fourth-order valence-corrected chi connectivity index (χ4v) is 4.46. The Morgan fingerprint density at radius 1 is 0.968 bits per heavy atom. The number of hydrogen-bond donors (Lipinski definition) is 0. The van der Waals surface area contributed by atoms with E-state index in [9.17, 15) is 23.3 Å². The molecule has 3 aromatic rings. The maximum atomic E-state index is 13.2. The Hall–Kier alpha value is -3.78. The standard InChI is InChI=1S/C23H19NO6S/c1-30-20-13-11-18(12-14-20)23(25)22(15-19-9-5-6-10-21(19)24(26)27)31(28,29)16-17-7-3-2-4-8-17/h2-15H,16H2,1H3/b22-15+. The number of rotatable bonds is 8. The van der Waals surface area contributed by atoms with Gasteiger partial charge in [-0.1, -0.05) is 42.5 Å². The molecular weight excluding hydrogens is 418 g/mol. The van der Waals surface area contributed by atoms with Crippen LogP contribution in [-0.4, -0.2) is 26.2 Å². The first-order valence-corrected chi connectivity index (χ1v) is 10.9. The van der Waals surface area contributed by atoms with Gasteiger partial charge in [-0.15, -0.1) is 0 Å². The van der Waals surface area contributed by atoms with Crippen LogP contribution in [0, 0.1) is 10.1 Å². The molecule has 0 aliphatic heterocycles. The summed E-state index contributed by atoms with van der Waals surface area (Å²) in [5.41, 5.74) is 0.360. The van der Waals surface area contributed by atoms with Gasteiger partial charge in [-0.3, -0.25) is 14.9 Å². The number of Topliss-reactive ketones (excluding diaryl/α,β-unsaturated/α-hetero) is 1. The lowest BCUT2D eigenvalue weighted by atomic mass is 10.1. The van der Waals surface area contributed by atoms with Crippen LogP contribution in [0.3, 0.4) is 0 Å². The highest BCUT2D eigenvalue weighted by molar-refractivity contribution is 7.95. The maximum Gasteiger partial charge on any atom is 0.276 e. The van der Waals surface area contributed by atoms with Gasteiger partial charge in [0, 0.05) is 11.6 Å². The van der Waals surface area contributed by atoms with Gasteiger partial charge < -0.3 is 4.74 Å². The average Bonchev–Trinajstić information content (AvgIpc) is 2.77. The molecule has 3 rings (SSSR count). The second-order valence-electron chi connectivity index (χ2n) is 6.63. The molecule has 0 aromatic heterocycles. The number of allylic oxidation sites excluding steroid dienone is 1. The highest BCUT2D eigenvalue weighted by Crippen LogP contribution is 2.27. The monoisotopic (exact) mass is 437 g/mol. The Balaban J connectivity index is 2.13. The number of carbonyl (C=O) groups is 1. The Bertz CT molecular complexity index is 1230. The number of sulfone groups is 1. The lowest BCUT2D eigenvalue weighted by Gasteiger charge is -2.10. The summed E-state index contributed by atoms with van der Waals surface area (Å²) >= 11 is 0. The van der Waals surface area contributed by atoms with Crippen molar-refractivity contribution >= 4 is 27.4 Å². The van der Waals surface area contributed by atoms with Crippen molar-refractivity contribution in [3.63, 3.8) is 0 Å². The number of nitro benzene ring substituents is 1. The van der Waals surface area contributed by atoms with E-state index in [1.54, 1.807) is 42.5 Å². The van der Waals surface area contributed by atoms with Gasteiger partial charge in [0.05, 0.1) is 23.3 Å². The largest absolute Gasteiger partial charge is 0.497 e. The quantitative estimate of drug-likeness (QED) is 0.223. The summed E-state index contributed by atoms with van der Waals surface area (Å²) in [6.45, 7) is 0. The van der Waals surface area contributed by atoms with Gasteiger partial charge in [-0.2, -0.15) is 0 Å². The number of ketones is 1. The van der Waals surface area contributed by atoms with Gasteiger partial charge in [0.2, 0.25) is 5.78 Å². The molecule has 0 saturated carbocycles. The Kier molecular flexibility index (Phi) is 6.61.